The van der Waals surface area contributed by atoms with Crippen LogP contribution in [0.15, 0.2) is 24.4 Å². The number of anilines is 4. The highest BCUT2D eigenvalue weighted by Crippen LogP contribution is 2.37. The number of aromatic nitrogens is 2. The van der Waals surface area contributed by atoms with Gasteiger partial charge in [0.25, 0.3) is 0 Å². The molecule has 3 aliphatic rings. The molecule has 0 saturated carbocycles. The van der Waals surface area contributed by atoms with E-state index in [4.69, 9.17) is 0 Å². The lowest BCUT2D eigenvalue weighted by Gasteiger charge is -2.34. The van der Waals surface area contributed by atoms with Gasteiger partial charge in [-0.15, -0.1) is 0 Å². The van der Waals surface area contributed by atoms with Crippen LogP contribution in [0.1, 0.15) is 30.9 Å². The quantitative estimate of drug-likeness (QED) is 0.392. The molecule has 212 valence electrons. The summed E-state index contributed by atoms with van der Waals surface area (Å²) >= 11 is 0. The number of amides is 1. The average molecular weight is 547 g/mol. The number of carbonyl (C=O) groups excluding carboxylic acids is 1. The van der Waals surface area contributed by atoms with E-state index in [2.05, 4.69) is 66.7 Å². The molecule has 0 radical (unpaired) electrons. The molecule has 2 aromatic rings. The summed E-state index contributed by atoms with van der Waals surface area (Å²) in [4.78, 5) is 27.1. The van der Waals surface area contributed by atoms with Crippen molar-refractivity contribution in [3.63, 3.8) is 0 Å². The van der Waals surface area contributed by atoms with Gasteiger partial charge < -0.3 is 25.8 Å². The Labute approximate surface area is 227 Å². The van der Waals surface area contributed by atoms with Crippen molar-refractivity contribution in [2.24, 2.45) is 5.92 Å². The van der Waals surface area contributed by atoms with Crippen LogP contribution < -0.4 is 20.9 Å². The fourth-order valence-electron chi connectivity index (χ4n) is 5.78. The van der Waals surface area contributed by atoms with E-state index in [1.54, 1.807) is 0 Å². The van der Waals surface area contributed by atoms with Crippen LogP contribution in [-0.2, 0) is 17.4 Å². The molecular weight excluding hydrogens is 509 g/mol. The van der Waals surface area contributed by atoms with Crippen LogP contribution in [0, 0.1) is 5.92 Å². The van der Waals surface area contributed by atoms with Gasteiger partial charge in [0.05, 0.1) is 5.92 Å². The van der Waals surface area contributed by atoms with Crippen LogP contribution >= 0.6 is 0 Å². The van der Waals surface area contributed by atoms with Gasteiger partial charge in [-0.1, -0.05) is 6.92 Å². The fraction of sp³-hybridized carbons (Fsp3) is 0.593. The van der Waals surface area contributed by atoms with Crippen molar-refractivity contribution in [2.75, 3.05) is 68.9 Å². The molecule has 0 aliphatic carbocycles. The van der Waals surface area contributed by atoms with E-state index in [1.165, 1.54) is 12.1 Å². The minimum Gasteiger partial charge on any atom is -0.369 e. The van der Waals surface area contributed by atoms with E-state index < -0.39 is 11.7 Å². The number of carbonyl (C=O) groups is 1. The minimum absolute atomic E-state index is 0.00968. The summed E-state index contributed by atoms with van der Waals surface area (Å²) in [5, 5.41) is 8.78. The molecule has 2 unspecified atom stereocenters. The third-order valence-corrected chi connectivity index (χ3v) is 8.04. The number of rotatable bonds is 10. The van der Waals surface area contributed by atoms with E-state index in [1.807, 2.05) is 13.1 Å². The maximum atomic E-state index is 13.6. The number of likely N-dealkylation sites (N-methyl/N-ethyl adjacent to an activating group) is 1. The first-order valence-corrected chi connectivity index (χ1v) is 13.6. The second-order valence-corrected chi connectivity index (χ2v) is 10.9. The van der Waals surface area contributed by atoms with Crippen molar-refractivity contribution in [3.8, 4) is 0 Å². The number of halogens is 3. The summed E-state index contributed by atoms with van der Waals surface area (Å²) in [6.07, 6.45) is -1.38. The molecule has 2 bridgehead atoms. The summed E-state index contributed by atoms with van der Waals surface area (Å²) in [5.41, 5.74) is 2.08. The lowest BCUT2D eigenvalue weighted by Crippen LogP contribution is -2.51. The Hall–Kier alpha value is -3.12. The lowest BCUT2D eigenvalue weighted by molar-refractivity contribution is -0.137. The van der Waals surface area contributed by atoms with Gasteiger partial charge in [0.15, 0.2) is 0 Å². The van der Waals surface area contributed by atoms with E-state index in [9.17, 15) is 18.0 Å². The first-order chi connectivity index (χ1) is 18.6. The van der Waals surface area contributed by atoms with Gasteiger partial charge >= 0.3 is 6.18 Å². The van der Waals surface area contributed by atoms with Gasteiger partial charge in [0.1, 0.15) is 11.4 Å². The molecule has 5 rings (SSSR count). The largest absolute Gasteiger partial charge is 0.421 e. The second kappa shape index (κ2) is 11.2. The number of nitrogens with one attached hydrogen (secondary N) is 3. The molecule has 2 atom stereocenters. The van der Waals surface area contributed by atoms with Gasteiger partial charge in [-0.3, -0.25) is 9.69 Å². The van der Waals surface area contributed by atoms with Crippen LogP contribution in [0.4, 0.5) is 36.3 Å². The van der Waals surface area contributed by atoms with Crippen LogP contribution in [-0.4, -0.2) is 91.1 Å². The Morgan fingerprint density at radius 2 is 1.90 bits per heavy atom. The molecule has 3 saturated heterocycles. The number of hydrogen-bond acceptors (Lipinski definition) is 8. The number of nitrogens with zero attached hydrogens (tertiary/aromatic N) is 5. The maximum absolute atomic E-state index is 13.6. The predicted molar refractivity (Wildman–Crippen MR) is 145 cm³/mol. The lowest BCUT2D eigenvalue weighted by atomic mass is 10.0. The fourth-order valence-corrected chi connectivity index (χ4v) is 5.78. The zero-order valence-electron chi connectivity index (χ0n) is 22.7. The number of hydrogen-bond donors (Lipinski definition) is 3. The number of benzene rings is 1. The van der Waals surface area contributed by atoms with Crippen molar-refractivity contribution < 1.29 is 18.0 Å². The molecule has 1 aromatic heterocycles. The van der Waals surface area contributed by atoms with Crippen molar-refractivity contribution in [1.29, 1.82) is 0 Å². The topological polar surface area (TPSA) is 88.7 Å². The van der Waals surface area contributed by atoms with Gasteiger partial charge in [0, 0.05) is 68.9 Å². The van der Waals surface area contributed by atoms with Gasteiger partial charge in [-0.25, -0.2) is 4.98 Å². The number of alkyl halides is 3. The first-order valence-electron chi connectivity index (χ1n) is 13.6. The Kier molecular flexibility index (Phi) is 7.86. The third-order valence-electron chi connectivity index (χ3n) is 8.04. The second-order valence-electron chi connectivity index (χ2n) is 10.9. The monoisotopic (exact) mass is 546 g/mol. The van der Waals surface area contributed by atoms with E-state index in [-0.39, 0.29) is 30.1 Å². The van der Waals surface area contributed by atoms with E-state index in [0.29, 0.717) is 25.0 Å². The van der Waals surface area contributed by atoms with Crippen LogP contribution in [0.25, 0.3) is 0 Å². The number of likely N-dealkylation sites (tertiary alicyclic amines) is 2. The minimum atomic E-state index is -4.59. The maximum Gasteiger partial charge on any atom is 0.421 e. The number of aryl methyl sites for hydroxylation is 1. The van der Waals surface area contributed by atoms with Crippen molar-refractivity contribution in [2.45, 2.75) is 44.4 Å². The molecule has 1 amide bonds. The zero-order chi connectivity index (χ0) is 27.7. The highest BCUT2D eigenvalue weighted by molar-refractivity contribution is 5.80. The normalized spacial score (nSPS) is 21.7. The van der Waals surface area contributed by atoms with Crippen molar-refractivity contribution >= 4 is 29.0 Å². The Bertz CT molecular complexity index is 1180. The third kappa shape index (κ3) is 6.06. The molecular formula is C27H37F3N8O. The van der Waals surface area contributed by atoms with Crippen molar-refractivity contribution in [3.05, 3.63) is 35.5 Å². The molecule has 3 fully saturated rings. The van der Waals surface area contributed by atoms with Gasteiger partial charge in [-0.2, -0.15) is 18.2 Å². The van der Waals surface area contributed by atoms with Gasteiger partial charge in [0.2, 0.25) is 11.9 Å². The number of piperazine rings is 1. The van der Waals surface area contributed by atoms with Crippen molar-refractivity contribution in [1.82, 2.24) is 25.1 Å². The molecule has 39 heavy (non-hydrogen) atoms. The van der Waals surface area contributed by atoms with E-state index in [0.717, 1.165) is 50.0 Å². The summed E-state index contributed by atoms with van der Waals surface area (Å²) in [6, 6.07) is 7.28. The summed E-state index contributed by atoms with van der Waals surface area (Å²) in [7, 11) is 4.12. The molecule has 12 heteroatoms. The average Bonchev–Trinajstić information content (AvgIpc) is 3.46. The highest BCUT2D eigenvalue weighted by atomic mass is 19.4. The summed E-state index contributed by atoms with van der Waals surface area (Å²) in [5.74, 6) is -0.208. The highest BCUT2D eigenvalue weighted by Gasteiger charge is 2.41. The Morgan fingerprint density at radius 1 is 1.10 bits per heavy atom. The SMILES string of the molecule is CCc1cc(N2CC3CC2CN3C)ccc1Nc1ncc(C(F)(F)F)c(NCCCNC(=O)C2CN(C)C2)n1. The molecule has 1 aromatic carbocycles. The molecule has 0 spiro atoms. The molecule has 9 nitrogen and oxygen atoms in total. The first kappa shape index (κ1) is 27.4. The Balaban J connectivity index is 1.22. The number of fused-ring (bicyclic) bond motifs is 2. The summed E-state index contributed by atoms with van der Waals surface area (Å²) in [6.45, 7) is 6.19. The molecule has 3 N–H and O–H groups in total. The molecule has 4 heterocycles. The summed E-state index contributed by atoms with van der Waals surface area (Å²) < 4.78 is 40.9. The van der Waals surface area contributed by atoms with Crippen LogP contribution in [0.5, 0.6) is 0 Å². The standard InChI is InChI=1S/C27H37F3N8O/c1-4-17-10-19(38-16-20-11-21(38)15-37(20)3)6-7-23(17)34-26-33-12-22(27(28,29)30)24(35-26)31-8-5-9-32-25(39)18-13-36(2)14-18/h6-7,10,12,18,20-21H,4-5,8-9,11,13-16H2,1-3H3,(H,32,39)(H2,31,33,34,35). The zero-order valence-corrected chi connectivity index (χ0v) is 22.7. The van der Waals surface area contributed by atoms with Crippen LogP contribution in [0.3, 0.4) is 0 Å². The van der Waals surface area contributed by atoms with Crippen LogP contribution in [0.2, 0.25) is 0 Å². The predicted octanol–water partition coefficient (Wildman–Crippen LogP) is 3.17. The Morgan fingerprint density at radius 3 is 2.54 bits per heavy atom. The van der Waals surface area contributed by atoms with E-state index >= 15 is 0 Å². The smallest absolute Gasteiger partial charge is 0.369 e. The van der Waals surface area contributed by atoms with Gasteiger partial charge in [-0.05, 0) is 57.1 Å². The molecule has 3 aliphatic heterocycles.